The predicted octanol–water partition coefficient (Wildman–Crippen LogP) is -0.205. The van der Waals surface area contributed by atoms with E-state index in [1.165, 1.54) is 6.33 Å². The number of H-pyrrole nitrogens is 1. The van der Waals surface area contributed by atoms with Crippen LogP contribution in [0.15, 0.2) is 6.33 Å². The van der Waals surface area contributed by atoms with Crippen molar-refractivity contribution in [2.75, 3.05) is 19.4 Å². The lowest BCUT2D eigenvalue weighted by Crippen LogP contribution is -2.05. The maximum atomic E-state index is 10.6. The molecule has 4 N–H and O–H groups in total. The highest BCUT2D eigenvalue weighted by Crippen LogP contribution is 2.33. The molecule has 0 amide bonds. The summed E-state index contributed by atoms with van der Waals surface area (Å²) in [6.07, 6.45) is 1.31. The monoisotopic (exact) mass is 288 g/mol. The molecule has 0 unspecified atom stereocenters. The number of fused-ring (bicyclic) bond motifs is 1. The van der Waals surface area contributed by atoms with Gasteiger partial charge in [-0.05, 0) is 0 Å². The van der Waals surface area contributed by atoms with Gasteiger partial charge in [-0.2, -0.15) is 4.98 Å². The third kappa shape index (κ3) is 3.97. The number of aromatic amines is 1. The Kier molecular flexibility index (Phi) is 4.11. The zero-order valence-electron chi connectivity index (χ0n) is 9.85. The van der Waals surface area contributed by atoms with Gasteiger partial charge in [-0.25, -0.2) is 9.97 Å². The second-order valence-corrected chi connectivity index (χ2v) is 5.61. The van der Waals surface area contributed by atoms with Crippen molar-refractivity contribution in [1.29, 1.82) is 0 Å². The van der Waals surface area contributed by atoms with Gasteiger partial charge in [-0.15, -0.1) is 0 Å². The van der Waals surface area contributed by atoms with E-state index in [-0.39, 0.29) is 25.3 Å². The van der Waals surface area contributed by atoms with E-state index in [2.05, 4.69) is 19.9 Å². The summed E-state index contributed by atoms with van der Waals surface area (Å²) in [6, 6.07) is 0. The first-order valence-electron chi connectivity index (χ1n) is 5.46. The Morgan fingerprint density at radius 2 is 2.11 bits per heavy atom. The van der Waals surface area contributed by atoms with Crippen molar-refractivity contribution in [3.8, 4) is 5.88 Å². The molecule has 0 bridgehead atoms. The zero-order valence-corrected chi connectivity index (χ0v) is 10.7. The predicted molar refractivity (Wildman–Crippen MR) is 64.8 cm³/mol. The molecule has 2 rings (SSSR count). The number of ether oxygens (including phenoxy) is 1. The van der Waals surface area contributed by atoms with Crippen LogP contribution in [0.5, 0.6) is 5.88 Å². The summed E-state index contributed by atoms with van der Waals surface area (Å²) in [5, 5.41) is 9.44. The van der Waals surface area contributed by atoms with Crippen LogP contribution < -0.4 is 0 Å². The largest absolute Gasteiger partial charge is 0.492 e. The van der Waals surface area contributed by atoms with Crippen LogP contribution in [0.4, 0.5) is 0 Å². The van der Waals surface area contributed by atoms with Crippen molar-refractivity contribution >= 4 is 18.8 Å². The molecule has 19 heavy (non-hydrogen) atoms. The number of aromatic hydroxyl groups is 1. The van der Waals surface area contributed by atoms with Gasteiger partial charge in [0, 0.05) is 6.42 Å². The van der Waals surface area contributed by atoms with Gasteiger partial charge >= 0.3 is 7.60 Å². The van der Waals surface area contributed by atoms with Gasteiger partial charge in [0.15, 0.2) is 5.65 Å². The first kappa shape index (κ1) is 13.9. The van der Waals surface area contributed by atoms with Gasteiger partial charge in [0.2, 0.25) is 5.88 Å². The smallest absolute Gasteiger partial charge is 0.327 e. The average molecular weight is 288 g/mol. The molecule has 0 aromatic carbocycles. The third-order valence-electron chi connectivity index (χ3n) is 2.33. The normalized spacial score (nSPS) is 12.1. The molecular weight excluding hydrogens is 275 g/mol. The van der Waals surface area contributed by atoms with E-state index in [0.717, 1.165) is 0 Å². The van der Waals surface area contributed by atoms with Gasteiger partial charge in [0.1, 0.15) is 17.7 Å². The molecule has 0 radical (unpaired) electrons. The molecule has 0 spiro atoms. The van der Waals surface area contributed by atoms with E-state index in [1.54, 1.807) is 0 Å². The van der Waals surface area contributed by atoms with E-state index in [9.17, 15) is 9.67 Å². The maximum Gasteiger partial charge on any atom is 0.327 e. The summed E-state index contributed by atoms with van der Waals surface area (Å²) in [5.41, 5.74) is 0.713. The molecule has 10 heteroatoms. The Morgan fingerprint density at radius 3 is 2.79 bits per heavy atom. The van der Waals surface area contributed by atoms with Crippen LogP contribution in [0.3, 0.4) is 0 Å². The van der Waals surface area contributed by atoms with Crippen LogP contribution in [0.25, 0.3) is 11.2 Å². The zero-order chi connectivity index (χ0) is 13.9. The number of nitrogens with zero attached hydrogens (tertiary/aromatic N) is 3. The molecule has 9 nitrogen and oxygen atoms in total. The molecule has 0 saturated carbocycles. The third-order valence-corrected chi connectivity index (χ3v) is 3.09. The van der Waals surface area contributed by atoms with Crippen molar-refractivity contribution in [1.82, 2.24) is 19.9 Å². The second-order valence-electron chi connectivity index (χ2n) is 3.83. The van der Waals surface area contributed by atoms with E-state index >= 15 is 0 Å². The number of hydrogen-bond donors (Lipinski definition) is 4. The van der Waals surface area contributed by atoms with Crippen LogP contribution in [0.1, 0.15) is 5.82 Å². The SMILES string of the molecule is O=P(O)(O)CCOCCc1nc2ncnc(O)c2[nH]1. The Hall–Kier alpha value is -1.54. The summed E-state index contributed by atoms with van der Waals surface area (Å²) in [6.45, 7) is 0.240. The fraction of sp³-hybridized carbons (Fsp3) is 0.444. The molecule has 0 aliphatic carbocycles. The van der Waals surface area contributed by atoms with Crippen molar-refractivity contribution in [3.05, 3.63) is 12.2 Å². The van der Waals surface area contributed by atoms with Gasteiger partial charge in [-0.3, -0.25) is 4.57 Å². The summed E-state index contributed by atoms with van der Waals surface area (Å²) in [4.78, 5) is 31.7. The lowest BCUT2D eigenvalue weighted by Gasteiger charge is -2.04. The van der Waals surface area contributed by atoms with Gasteiger partial charge in [0.25, 0.3) is 0 Å². The summed E-state index contributed by atoms with van der Waals surface area (Å²) in [5.74, 6) is 0.383. The highest BCUT2D eigenvalue weighted by Gasteiger charge is 2.12. The summed E-state index contributed by atoms with van der Waals surface area (Å²) >= 11 is 0. The molecule has 0 aliphatic rings. The Labute approximate surface area is 107 Å². The molecule has 2 heterocycles. The van der Waals surface area contributed by atoms with Crippen LogP contribution in [-0.4, -0.2) is 54.2 Å². The number of rotatable bonds is 6. The molecule has 2 aromatic heterocycles. The summed E-state index contributed by atoms with van der Waals surface area (Å²) < 4.78 is 15.7. The fourth-order valence-corrected chi connectivity index (χ4v) is 1.80. The van der Waals surface area contributed by atoms with Crippen molar-refractivity contribution in [2.24, 2.45) is 0 Å². The van der Waals surface area contributed by atoms with Gasteiger partial charge < -0.3 is 24.6 Å². The number of nitrogens with one attached hydrogen (secondary N) is 1. The number of imidazole rings is 1. The van der Waals surface area contributed by atoms with Crippen LogP contribution in [0, 0.1) is 0 Å². The average Bonchev–Trinajstić information content (AvgIpc) is 2.71. The minimum atomic E-state index is -4.01. The summed E-state index contributed by atoms with van der Waals surface area (Å²) in [7, 11) is -4.01. The van der Waals surface area contributed by atoms with Gasteiger partial charge in [-0.1, -0.05) is 0 Å². The van der Waals surface area contributed by atoms with Crippen molar-refractivity contribution in [2.45, 2.75) is 6.42 Å². The molecule has 0 saturated heterocycles. The highest BCUT2D eigenvalue weighted by molar-refractivity contribution is 7.51. The van der Waals surface area contributed by atoms with E-state index < -0.39 is 7.60 Å². The topological polar surface area (TPSA) is 141 Å². The molecule has 2 aromatic rings. The Bertz CT molecular complexity index is 610. The molecule has 104 valence electrons. The standard InChI is InChI=1S/C9H13N4O5P/c14-9-7-8(10-5-11-9)13-6(12-7)1-2-18-3-4-19(15,16)17/h5H,1-4H2,(H2,15,16,17)(H2,10,11,12,13,14). The minimum Gasteiger partial charge on any atom is -0.492 e. The Balaban J connectivity index is 1.85. The van der Waals surface area contributed by atoms with E-state index in [1.807, 2.05) is 0 Å². The second kappa shape index (κ2) is 5.62. The first-order valence-corrected chi connectivity index (χ1v) is 7.26. The lowest BCUT2D eigenvalue weighted by molar-refractivity contribution is 0.147. The minimum absolute atomic E-state index is 0.0183. The molecule has 0 aliphatic heterocycles. The lowest BCUT2D eigenvalue weighted by atomic mass is 10.4. The van der Waals surface area contributed by atoms with Crippen molar-refractivity contribution < 1.29 is 24.2 Å². The fourth-order valence-electron chi connectivity index (χ4n) is 1.44. The molecule has 0 atom stereocenters. The van der Waals surface area contributed by atoms with Gasteiger partial charge in [0.05, 0.1) is 19.4 Å². The first-order chi connectivity index (χ1) is 8.96. The highest BCUT2D eigenvalue weighted by atomic mass is 31.2. The Morgan fingerprint density at radius 1 is 1.32 bits per heavy atom. The number of hydrogen-bond acceptors (Lipinski definition) is 6. The van der Waals surface area contributed by atoms with E-state index in [0.29, 0.717) is 23.4 Å². The molecular formula is C9H13N4O5P. The van der Waals surface area contributed by atoms with Crippen LogP contribution in [0.2, 0.25) is 0 Å². The van der Waals surface area contributed by atoms with E-state index in [4.69, 9.17) is 14.5 Å². The maximum absolute atomic E-state index is 10.6. The molecule has 0 fully saturated rings. The van der Waals surface area contributed by atoms with Crippen LogP contribution in [-0.2, 0) is 15.7 Å². The van der Waals surface area contributed by atoms with Crippen LogP contribution >= 0.6 is 7.60 Å². The van der Waals surface area contributed by atoms with Crippen molar-refractivity contribution in [3.63, 3.8) is 0 Å². The quantitative estimate of drug-likeness (QED) is 0.422. The number of aromatic nitrogens is 4.